The van der Waals surface area contributed by atoms with Crippen molar-refractivity contribution in [1.29, 1.82) is 0 Å². The van der Waals surface area contributed by atoms with Gasteiger partial charge in [-0.05, 0) is 79.1 Å². The van der Waals surface area contributed by atoms with Gasteiger partial charge in [-0.15, -0.1) is 0 Å². The third-order valence-electron chi connectivity index (χ3n) is 9.16. The zero-order valence-corrected chi connectivity index (χ0v) is 26.3. The molecule has 1 saturated heterocycles. The summed E-state index contributed by atoms with van der Waals surface area (Å²) < 4.78 is 25.7. The van der Waals surface area contributed by atoms with E-state index in [1.54, 1.807) is 0 Å². The fourth-order valence-corrected chi connectivity index (χ4v) is 8.00. The van der Waals surface area contributed by atoms with Crippen molar-refractivity contribution >= 4 is 10.8 Å². The first-order valence-corrected chi connectivity index (χ1v) is 17.3. The molecule has 2 aliphatic carbocycles. The minimum absolute atomic E-state index is 0.00460. The number of pyridine rings is 1. The summed E-state index contributed by atoms with van der Waals surface area (Å²) in [5, 5.41) is 0.344. The predicted molar refractivity (Wildman–Crippen MR) is 179 cm³/mol. The van der Waals surface area contributed by atoms with Crippen LogP contribution in [0.4, 0.5) is 0 Å². The molecule has 3 fully saturated rings. The van der Waals surface area contributed by atoms with Gasteiger partial charge in [0, 0.05) is 40.8 Å². The lowest BCUT2D eigenvalue weighted by Crippen LogP contribution is -2.26. The minimum atomic E-state index is -0.889. The molecule has 6 heteroatoms. The summed E-state index contributed by atoms with van der Waals surface area (Å²) in [5.41, 5.74) is 5.59. The van der Waals surface area contributed by atoms with E-state index >= 15 is 0 Å². The first-order valence-electron chi connectivity index (χ1n) is 16.1. The zero-order chi connectivity index (χ0) is 30.5. The Morgan fingerprint density at radius 2 is 1.53 bits per heavy atom. The van der Waals surface area contributed by atoms with Crippen LogP contribution in [-0.2, 0) is 20.3 Å². The van der Waals surface area contributed by atoms with Gasteiger partial charge in [-0.25, -0.2) is 0 Å². The van der Waals surface area contributed by atoms with E-state index in [4.69, 9.17) is 9.47 Å². The predicted octanol–water partition coefficient (Wildman–Crippen LogP) is 8.84. The minimum Gasteiger partial charge on any atom is -0.357 e. The van der Waals surface area contributed by atoms with Crippen LogP contribution in [0.15, 0.2) is 132 Å². The molecule has 5 atom stereocenters. The second-order valence-electron chi connectivity index (χ2n) is 12.4. The molecule has 2 aromatic heterocycles. The van der Waals surface area contributed by atoms with Crippen molar-refractivity contribution in [2.24, 2.45) is 5.92 Å². The van der Waals surface area contributed by atoms with Crippen molar-refractivity contribution in [2.75, 3.05) is 6.61 Å². The third kappa shape index (κ3) is 7.19. The summed E-state index contributed by atoms with van der Waals surface area (Å²) in [6, 6.07) is 41.2. The third-order valence-corrected chi connectivity index (χ3v) is 11.0. The lowest BCUT2D eigenvalue weighted by Gasteiger charge is -2.25. The fourth-order valence-electron chi connectivity index (χ4n) is 6.65. The quantitative estimate of drug-likeness (QED) is 0.189. The SMILES string of the molecule is O=S(c1ccc(C(CC2CCC3(C2)OC[C@@H](c2ccccc2)O3)c2ccc(-c3ccccn3)[nH]2)cc1)C1CC1.c1ccccc1. The Bertz CT molecular complexity index is 1650. The number of benzene rings is 3. The highest BCUT2D eigenvalue weighted by atomic mass is 32.2. The Hall–Kier alpha value is -3.84. The number of H-pyrrole nitrogens is 1. The number of rotatable bonds is 8. The molecule has 230 valence electrons. The molecule has 4 unspecified atom stereocenters. The van der Waals surface area contributed by atoms with E-state index in [0.29, 0.717) is 17.8 Å². The van der Waals surface area contributed by atoms with Gasteiger partial charge in [0.2, 0.25) is 0 Å². The molecule has 0 bridgehead atoms. The molecule has 8 rings (SSSR count). The molecule has 3 aromatic carbocycles. The van der Waals surface area contributed by atoms with Crippen LogP contribution in [0.5, 0.6) is 0 Å². The summed E-state index contributed by atoms with van der Waals surface area (Å²) >= 11 is 0. The highest BCUT2D eigenvalue weighted by molar-refractivity contribution is 7.86. The number of nitrogens with zero attached hydrogens (tertiary/aromatic N) is 1. The second-order valence-corrected chi connectivity index (χ2v) is 14.1. The average Bonchev–Trinajstić information content (AvgIpc) is 3.49. The normalized spacial score (nSPS) is 23.7. The Morgan fingerprint density at radius 1 is 0.822 bits per heavy atom. The molecule has 3 heterocycles. The smallest absolute Gasteiger partial charge is 0.169 e. The van der Waals surface area contributed by atoms with Crippen LogP contribution in [0.2, 0.25) is 0 Å². The van der Waals surface area contributed by atoms with Crippen LogP contribution in [0.3, 0.4) is 0 Å². The molecule has 45 heavy (non-hydrogen) atoms. The Balaban J connectivity index is 0.000000488. The average molecular weight is 617 g/mol. The highest BCUT2D eigenvalue weighted by Crippen LogP contribution is 2.49. The summed E-state index contributed by atoms with van der Waals surface area (Å²) in [5.74, 6) is 0.194. The van der Waals surface area contributed by atoms with Crippen LogP contribution < -0.4 is 0 Å². The molecule has 3 aliphatic rings. The molecule has 5 nitrogen and oxygen atoms in total. The lowest BCUT2D eigenvalue weighted by molar-refractivity contribution is -0.165. The van der Waals surface area contributed by atoms with E-state index in [1.807, 2.05) is 66.9 Å². The maximum absolute atomic E-state index is 12.7. The van der Waals surface area contributed by atoms with Crippen molar-refractivity contribution in [3.05, 3.63) is 144 Å². The van der Waals surface area contributed by atoms with Crippen LogP contribution in [-0.4, -0.2) is 31.8 Å². The monoisotopic (exact) mass is 616 g/mol. The molecular weight excluding hydrogens is 577 g/mol. The summed E-state index contributed by atoms with van der Waals surface area (Å²) in [7, 11) is -0.889. The molecule has 1 aliphatic heterocycles. The van der Waals surface area contributed by atoms with Gasteiger partial charge in [-0.1, -0.05) is 84.9 Å². The van der Waals surface area contributed by atoms with Gasteiger partial charge in [-0.2, -0.15) is 0 Å². The molecule has 2 saturated carbocycles. The van der Waals surface area contributed by atoms with E-state index in [9.17, 15) is 4.21 Å². The van der Waals surface area contributed by atoms with Crippen molar-refractivity contribution in [3.63, 3.8) is 0 Å². The second kappa shape index (κ2) is 13.7. The first-order chi connectivity index (χ1) is 22.2. The number of aromatic nitrogens is 2. The number of nitrogens with one attached hydrogen (secondary N) is 1. The summed E-state index contributed by atoms with van der Waals surface area (Å²) in [6.07, 6.45) is 7.90. The van der Waals surface area contributed by atoms with Gasteiger partial charge in [0.15, 0.2) is 5.79 Å². The summed E-state index contributed by atoms with van der Waals surface area (Å²) in [4.78, 5) is 9.15. The molecule has 0 radical (unpaired) electrons. The van der Waals surface area contributed by atoms with E-state index in [2.05, 4.69) is 70.6 Å². The van der Waals surface area contributed by atoms with Crippen molar-refractivity contribution in [2.45, 2.75) is 66.5 Å². The summed E-state index contributed by atoms with van der Waals surface area (Å²) in [6.45, 7) is 0.615. The number of hydrogen-bond acceptors (Lipinski definition) is 4. The Labute approximate surface area is 268 Å². The lowest BCUT2D eigenvalue weighted by atomic mass is 9.85. The largest absolute Gasteiger partial charge is 0.357 e. The number of hydrogen-bond donors (Lipinski definition) is 1. The molecule has 0 amide bonds. The van der Waals surface area contributed by atoms with Gasteiger partial charge in [-0.3, -0.25) is 9.19 Å². The maximum Gasteiger partial charge on any atom is 0.169 e. The molecule has 1 N–H and O–H groups in total. The molecule has 1 spiro atoms. The number of ether oxygens (including phenoxy) is 2. The van der Waals surface area contributed by atoms with Crippen molar-refractivity contribution < 1.29 is 13.7 Å². The van der Waals surface area contributed by atoms with Gasteiger partial charge < -0.3 is 14.5 Å². The van der Waals surface area contributed by atoms with Crippen LogP contribution in [0.1, 0.15) is 67.4 Å². The standard InChI is InChI=1S/C33H34N2O3S.C6H6/c36-39(27-13-14-27)26-11-9-24(10-12-26)28(29-15-16-31(35-29)30-8-4-5-19-34-30)20-23-17-18-33(21-23)37-22-32(38-33)25-6-2-1-3-7-25;1-2-4-6-5-3-1/h1-12,15-16,19,23,27-28,32,35H,13-14,17-18,20-22H2;1-6H/t23?,28?,32-,33?,39?;/m0./s1. The van der Waals surface area contributed by atoms with E-state index in [0.717, 1.165) is 54.8 Å². The molecule has 5 aromatic rings. The topological polar surface area (TPSA) is 64.2 Å². The van der Waals surface area contributed by atoms with Crippen LogP contribution >= 0.6 is 0 Å². The van der Waals surface area contributed by atoms with Crippen LogP contribution in [0.25, 0.3) is 11.4 Å². The van der Waals surface area contributed by atoms with Crippen LogP contribution in [0, 0.1) is 5.92 Å². The zero-order valence-electron chi connectivity index (χ0n) is 25.5. The molecular formula is C39H40N2O3S. The van der Waals surface area contributed by atoms with Gasteiger partial charge in [0.1, 0.15) is 6.10 Å². The van der Waals surface area contributed by atoms with Gasteiger partial charge in [0.05, 0.1) is 28.8 Å². The maximum atomic E-state index is 12.7. The van der Waals surface area contributed by atoms with Gasteiger partial charge in [0.25, 0.3) is 0 Å². The fraction of sp³-hybridized carbons (Fsp3) is 0.308. The first kappa shape index (κ1) is 29.8. The van der Waals surface area contributed by atoms with Gasteiger partial charge >= 0.3 is 0 Å². The highest BCUT2D eigenvalue weighted by Gasteiger charge is 2.48. The Morgan fingerprint density at radius 3 is 2.22 bits per heavy atom. The van der Waals surface area contributed by atoms with E-state index in [1.165, 1.54) is 16.8 Å². The van der Waals surface area contributed by atoms with Crippen molar-refractivity contribution in [3.8, 4) is 11.4 Å². The van der Waals surface area contributed by atoms with E-state index in [-0.39, 0.29) is 12.0 Å². The Kier molecular flexibility index (Phi) is 9.06. The van der Waals surface area contributed by atoms with Crippen molar-refractivity contribution in [1.82, 2.24) is 9.97 Å². The van der Waals surface area contributed by atoms with E-state index < -0.39 is 16.6 Å². The number of aromatic amines is 1.